The molecule has 0 saturated heterocycles. The molecular formula is C89H57N7O2. The van der Waals surface area contributed by atoms with Gasteiger partial charge in [0.1, 0.15) is 11.2 Å². The molecule has 7 heterocycles. The van der Waals surface area contributed by atoms with Gasteiger partial charge in [-0.2, -0.15) is 9.97 Å². The van der Waals surface area contributed by atoms with Gasteiger partial charge in [0.15, 0.2) is 11.6 Å². The number of furan rings is 2. The topological polar surface area (TPSA) is 92.6 Å². The molecule has 1 aliphatic carbocycles. The quantitative estimate of drug-likeness (QED) is 0.158. The lowest BCUT2D eigenvalue weighted by atomic mass is 9.82. The summed E-state index contributed by atoms with van der Waals surface area (Å²) in [7, 11) is 0. The molecule has 0 aliphatic heterocycles. The number of fused-ring (bicyclic) bond motifs is 20. The fourth-order valence-electron chi connectivity index (χ4n) is 15.9. The predicted octanol–water partition coefficient (Wildman–Crippen LogP) is 23.0. The van der Waals surface area contributed by atoms with Crippen molar-refractivity contribution >= 4 is 110 Å². The van der Waals surface area contributed by atoms with Crippen molar-refractivity contribution in [2.24, 2.45) is 0 Å². The third kappa shape index (κ3) is 8.20. The third-order valence-corrected chi connectivity index (χ3v) is 20.2. The van der Waals surface area contributed by atoms with Crippen LogP contribution in [0.2, 0.25) is 0 Å². The molecule has 13 aromatic carbocycles. The highest BCUT2D eigenvalue weighted by Gasteiger charge is 2.38. The second-order valence-electron chi connectivity index (χ2n) is 25.9. The lowest BCUT2D eigenvalue weighted by molar-refractivity contribution is 0.653. The summed E-state index contributed by atoms with van der Waals surface area (Å²) < 4.78 is 20.1. The summed E-state index contributed by atoms with van der Waals surface area (Å²) in [5, 5.41) is 11.1. The minimum Gasteiger partial charge on any atom is -0.438 e. The molecule has 0 unspecified atom stereocenters. The Morgan fingerprint density at radius 2 is 0.704 bits per heavy atom. The summed E-state index contributed by atoms with van der Waals surface area (Å²) in [6.45, 7) is 4.69. The molecule has 0 atom stereocenters. The highest BCUT2D eigenvalue weighted by molar-refractivity contribution is 6.27. The Morgan fingerprint density at radius 1 is 0.286 bits per heavy atom. The van der Waals surface area contributed by atoms with E-state index in [2.05, 4.69) is 252 Å². The molecule has 0 amide bonds. The van der Waals surface area contributed by atoms with Crippen molar-refractivity contribution in [3.63, 3.8) is 0 Å². The first-order valence-corrected chi connectivity index (χ1v) is 33.3. The van der Waals surface area contributed by atoms with Gasteiger partial charge in [0, 0.05) is 82.0 Å². The maximum atomic E-state index is 6.44. The van der Waals surface area contributed by atoms with Crippen LogP contribution in [-0.2, 0) is 5.41 Å². The van der Waals surface area contributed by atoms with Crippen LogP contribution in [0.5, 0.6) is 0 Å². The molecule has 9 heteroatoms. The molecule has 0 fully saturated rings. The fraction of sp³-hybridized carbons (Fsp3) is 0.0337. The number of hydrogen-bond acceptors (Lipinski definition) is 6. The van der Waals surface area contributed by atoms with Crippen LogP contribution in [0, 0.1) is 0 Å². The normalized spacial score (nSPS) is 12.7. The SMILES string of the molecule is CC1(C)c2ccccc2-c2c1ccc1c3ccccc3n(-c3ccccc3-c3nc(-c4ccccc4)nc4oc5ccccc5c34)c21.c1ccc(-c2nc(-c3ccccc3-n3c4ccccc4c4ccc5c(c6ccccc6n5-c5ccccc5)c43)c3c(n2)oc2ccccc23)cc1. The van der Waals surface area contributed by atoms with Gasteiger partial charge in [-0.05, 0) is 77.4 Å². The summed E-state index contributed by atoms with van der Waals surface area (Å²) in [5.41, 5.74) is 23.8. The lowest BCUT2D eigenvalue weighted by Crippen LogP contribution is -2.14. The average Bonchev–Trinajstić information content (AvgIpc) is 1.54. The largest absolute Gasteiger partial charge is 0.438 e. The minimum absolute atomic E-state index is 0.111. The first-order chi connectivity index (χ1) is 48.4. The first-order valence-electron chi connectivity index (χ1n) is 33.3. The van der Waals surface area contributed by atoms with Gasteiger partial charge in [0.25, 0.3) is 0 Å². The van der Waals surface area contributed by atoms with E-state index >= 15 is 0 Å². The average molecular weight is 1260 g/mol. The zero-order valence-electron chi connectivity index (χ0n) is 53.4. The van der Waals surface area contributed by atoms with E-state index in [1.54, 1.807) is 0 Å². The van der Waals surface area contributed by atoms with E-state index in [4.69, 9.17) is 28.8 Å². The van der Waals surface area contributed by atoms with Gasteiger partial charge in [0.05, 0.1) is 66.6 Å². The van der Waals surface area contributed by atoms with Gasteiger partial charge >= 0.3 is 0 Å². The highest BCUT2D eigenvalue weighted by Crippen LogP contribution is 2.54. The molecular weight excluding hydrogens is 1200 g/mol. The van der Waals surface area contributed by atoms with Crippen molar-refractivity contribution in [1.29, 1.82) is 0 Å². The van der Waals surface area contributed by atoms with Crippen LogP contribution in [0.1, 0.15) is 25.0 Å². The maximum Gasteiger partial charge on any atom is 0.231 e. The molecule has 0 radical (unpaired) electrons. The Bertz CT molecular complexity index is 6650. The van der Waals surface area contributed by atoms with Crippen LogP contribution in [-0.4, -0.2) is 33.6 Å². The summed E-state index contributed by atoms with van der Waals surface area (Å²) in [6, 6.07) is 109. The van der Waals surface area contributed by atoms with Crippen molar-refractivity contribution in [2.45, 2.75) is 19.3 Å². The number of aromatic nitrogens is 7. The molecule has 9 nitrogen and oxygen atoms in total. The van der Waals surface area contributed by atoms with Crippen molar-refractivity contribution in [2.75, 3.05) is 0 Å². The molecule has 21 rings (SSSR count). The van der Waals surface area contributed by atoms with E-state index in [-0.39, 0.29) is 5.41 Å². The van der Waals surface area contributed by atoms with E-state index in [1.165, 1.54) is 65.6 Å². The predicted molar refractivity (Wildman–Crippen MR) is 401 cm³/mol. The van der Waals surface area contributed by atoms with Crippen LogP contribution in [0.3, 0.4) is 0 Å². The molecule has 0 saturated carbocycles. The summed E-state index contributed by atoms with van der Waals surface area (Å²) in [4.78, 5) is 20.6. The second kappa shape index (κ2) is 21.5. The third-order valence-electron chi connectivity index (χ3n) is 20.2. The van der Waals surface area contributed by atoms with Crippen molar-refractivity contribution < 1.29 is 8.83 Å². The first kappa shape index (κ1) is 55.5. The van der Waals surface area contributed by atoms with Gasteiger partial charge in [0.2, 0.25) is 11.4 Å². The number of hydrogen-bond donors (Lipinski definition) is 0. The summed E-state index contributed by atoms with van der Waals surface area (Å²) in [6.07, 6.45) is 0. The molecule has 98 heavy (non-hydrogen) atoms. The van der Waals surface area contributed by atoms with E-state index < -0.39 is 0 Å². The van der Waals surface area contributed by atoms with E-state index in [9.17, 15) is 0 Å². The Balaban J connectivity index is 0.000000133. The van der Waals surface area contributed by atoms with Crippen LogP contribution in [0.4, 0.5) is 0 Å². The molecule has 1 aliphatic rings. The number of nitrogens with zero attached hydrogens (tertiary/aromatic N) is 7. The van der Waals surface area contributed by atoms with Gasteiger partial charge in [-0.25, -0.2) is 9.97 Å². The zero-order chi connectivity index (χ0) is 64.7. The molecule has 0 spiro atoms. The minimum atomic E-state index is -0.111. The number of benzene rings is 13. The summed E-state index contributed by atoms with van der Waals surface area (Å²) >= 11 is 0. The van der Waals surface area contributed by atoms with Crippen molar-refractivity contribution in [3.8, 4) is 73.5 Å². The van der Waals surface area contributed by atoms with Gasteiger partial charge < -0.3 is 22.5 Å². The monoisotopic (exact) mass is 1260 g/mol. The van der Waals surface area contributed by atoms with Gasteiger partial charge in [-0.15, -0.1) is 0 Å². The smallest absolute Gasteiger partial charge is 0.231 e. The Labute approximate surface area is 562 Å². The van der Waals surface area contributed by atoms with E-state index in [0.29, 0.717) is 23.1 Å². The molecule has 460 valence electrons. The fourth-order valence-corrected chi connectivity index (χ4v) is 15.9. The highest BCUT2D eigenvalue weighted by atomic mass is 16.3. The molecule has 0 bridgehead atoms. The van der Waals surface area contributed by atoms with Gasteiger partial charge in [-0.1, -0.05) is 263 Å². The van der Waals surface area contributed by atoms with Crippen molar-refractivity contribution in [3.05, 3.63) is 321 Å². The van der Waals surface area contributed by atoms with E-state index in [1.807, 2.05) is 84.9 Å². The van der Waals surface area contributed by atoms with Crippen LogP contribution in [0.15, 0.2) is 318 Å². The Kier molecular flexibility index (Phi) is 12.2. The number of rotatable bonds is 7. The number of para-hydroxylation sites is 8. The van der Waals surface area contributed by atoms with Crippen LogP contribution >= 0.6 is 0 Å². The standard InChI is InChI=1S/C46H28N4O.C43H29N3O/c1-3-15-29(16-4-1)45-47-43(42-35-22-10-14-26-40(35)51-46(42)48-45)34-21-9-13-25-38(34)50-36-23-11-7-19-31(36)32-27-28-39-41(44(32)50)33-20-8-12-24-37(33)49(39)30-17-5-2-6-18-30;1-43(2)32-20-10-6-17-29(32)37-33(43)25-24-28-27-16-7-11-21-34(27)46(40(28)37)35-22-12-8-18-30(35)39-38-31-19-9-13-23-36(31)47-42(38)45-41(44-39)26-14-4-3-5-15-26/h1-28H;3-25H,1-2H3. The zero-order valence-corrected chi connectivity index (χ0v) is 53.4. The molecule has 20 aromatic rings. The van der Waals surface area contributed by atoms with Crippen LogP contribution < -0.4 is 0 Å². The van der Waals surface area contributed by atoms with E-state index in [0.717, 1.165) is 105 Å². The Morgan fingerprint density at radius 3 is 1.27 bits per heavy atom. The van der Waals surface area contributed by atoms with Gasteiger partial charge in [-0.3, -0.25) is 0 Å². The molecule has 7 aromatic heterocycles. The molecule has 0 N–H and O–H groups in total. The Hall–Kier alpha value is -13.0. The second-order valence-corrected chi connectivity index (χ2v) is 25.9. The van der Waals surface area contributed by atoms with Crippen molar-refractivity contribution in [1.82, 2.24) is 33.6 Å². The maximum absolute atomic E-state index is 6.44. The summed E-state index contributed by atoms with van der Waals surface area (Å²) in [5.74, 6) is 1.27. The lowest BCUT2D eigenvalue weighted by Gasteiger charge is -2.21. The van der Waals surface area contributed by atoms with Crippen LogP contribution in [0.25, 0.3) is 183 Å².